The first kappa shape index (κ1) is 24.6. The molecule has 38 heavy (non-hydrogen) atoms. The van der Waals surface area contributed by atoms with Gasteiger partial charge in [-0.1, -0.05) is 24.3 Å². The van der Waals surface area contributed by atoms with Crippen molar-refractivity contribution in [1.29, 1.82) is 0 Å². The van der Waals surface area contributed by atoms with Crippen molar-refractivity contribution in [2.24, 2.45) is 0 Å². The zero-order chi connectivity index (χ0) is 26.1. The molecule has 1 aliphatic carbocycles. The third kappa shape index (κ3) is 5.14. The van der Waals surface area contributed by atoms with E-state index >= 15 is 0 Å². The summed E-state index contributed by atoms with van der Waals surface area (Å²) >= 11 is 0. The Labute approximate surface area is 222 Å². The molecule has 1 saturated heterocycles. The Hall–Kier alpha value is -3.76. The van der Waals surface area contributed by atoms with Gasteiger partial charge in [-0.15, -0.1) is 0 Å². The van der Waals surface area contributed by atoms with Gasteiger partial charge >= 0.3 is 0 Å². The summed E-state index contributed by atoms with van der Waals surface area (Å²) in [6.45, 7) is 3.86. The number of aromatic nitrogens is 3. The van der Waals surface area contributed by atoms with Gasteiger partial charge in [-0.3, -0.25) is 4.72 Å². The van der Waals surface area contributed by atoms with Gasteiger partial charge in [0.05, 0.1) is 10.9 Å². The minimum atomic E-state index is -3.41. The lowest BCUT2D eigenvalue weighted by Crippen LogP contribution is -2.38. The molecule has 2 aliphatic rings. The van der Waals surface area contributed by atoms with E-state index in [-0.39, 0.29) is 5.25 Å². The number of hydrogen-bond acceptors (Lipinski definition) is 8. The molecular formula is C28H30N6O3S. The van der Waals surface area contributed by atoms with Crippen LogP contribution in [-0.2, 0) is 10.0 Å². The van der Waals surface area contributed by atoms with Crippen LogP contribution in [0.3, 0.4) is 0 Å². The topological polar surface area (TPSA) is 118 Å². The van der Waals surface area contributed by atoms with Gasteiger partial charge in [0.15, 0.2) is 0 Å². The highest BCUT2D eigenvalue weighted by molar-refractivity contribution is 7.93. The van der Waals surface area contributed by atoms with Crippen LogP contribution in [0.1, 0.15) is 31.2 Å². The minimum Gasteiger partial charge on any atom is -0.436 e. The molecule has 0 spiro atoms. The molecule has 4 aromatic rings. The first-order valence-electron chi connectivity index (χ1n) is 12.9. The van der Waals surface area contributed by atoms with E-state index in [1.54, 1.807) is 18.6 Å². The molecule has 3 heterocycles. The molecule has 2 aromatic heterocycles. The van der Waals surface area contributed by atoms with Gasteiger partial charge in [-0.25, -0.2) is 23.4 Å². The Morgan fingerprint density at radius 1 is 0.974 bits per heavy atom. The minimum absolute atomic E-state index is 0.311. The van der Waals surface area contributed by atoms with Gasteiger partial charge < -0.3 is 15.4 Å². The maximum atomic E-state index is 12.7. The molecule has 1 atom stereocenters. The van der Waals surface area contributed by atoms with Gasteiger partial charge in [0.25, 0.3) is 0 Å². The fraction of sp³-hybridized carbons (Fsp3) is 0.321. The fourth-order valence-corrected chi connectivity index (χ4v) is 6.26. The van der Waals surface area contributed by atoms with Crippen LogP contribution in [0.4, 0.5) is 11.5 Å². The number of pyridine rings is 1. The summed E-state index contributed by atoms with van der Waals surface area (Å²) < 4.78 is 34.6. The van der Waals surface area contributed by atoms with E-state index in [1.807, 2.05) is 49.4 Å². The summed E-state index contributed by atoms with van der Waals surface area (Å²) in [4.78, 5) is 13.6. The number of aryl methyl sites for hydroxylation is 1. The number of rotatable bonds is 8. The summed E-state index contributed by atoms with van der Waals surface area (Å²) in [6.07, 6.45) is 8.63. The Kier molecular flexibility index (Phi) is 6.59. The van der Waals surface area contributed by atoms with Gasteiger partial charge in [0.1, 0.15) is 17.3 Å². The number of benzene rings is 2. The summed E-state index contributed by atoms with van der Waals surface area (Å²) in [5.41, 5.74) is 2.78. The van der Waals surface area contributed by atoms with Gasteiger partial charge in [-0.2, -0.15) is 0 Å². The summed E-state index contributed by atoms with van der Waals surface area (Å²) in [7, 11) is -3.41. The molecule has 9 nitrogen and oxygen atoms in total. The van der Waals surface area contributed by atoms with E-state index in [4.69, 9.17) is 4.74 Å². The lowest BCUT2D eigenvalue weighted by Gasteiger charge is -2.24. The normalized spacial score (nSPS) is 17.8. The van der Waals surface area contributed by atoms with Crippen LogP contribution in [0.2, 0.25) is 0 Å². The molecule has 6 rings (SSSR count). The summed E-state index contributed by atoms with van der Waals surface area (Å²) in [5, 5.41) is 8.17. The highest BCUT2D eigenvalue weighted by atomic mass is 32.2. The van der Waals surface area contributed by atoms with Gasteiger partial charge in [-0.05, 0) is 62.9 Å². The molecule has 0 radical (unpaired) electrons. The number of nitrogens with zero attached hydrogens (tertiary/aromatic N) is 3. The second kappa shape index (κ2) is 10.2. The fourth-order valence-electron chi connectivity index (χ4n) is 4.86. The van der Waals surface area contributed by atoms with Crippen molar-refractivity contribution in [3.8, 4) is 22.9 Å². The standard InChI is InChI=1S/C28H30N6O3S/c1-18-15-24(34-38(35,36)21-8-9-21)22-6-2-3-7-23(22)27(18)37-28-26(31-13-14-32-28)19-10-12-30-25(16-19)33-20-5-4-11-29-17-20/h2-3,6-7,10,12-16,20-21,29,34H,4-5,8-9,11,17H2,1H3,(H,30,33)/t20-/m0/s1. The Morgan fingerprint density at radius 2 is 1.79 bits per heavy atom. The van der Waals surface area contributed by atoms with Crippen molar-refractivity contribution >= 4 is 32.3 Å². The van der Waals surface area contributed by atoms with Crippen LogP contribution < -0.4 is 20.1 Å². The van der Waals surface area contributed by atoms with E-state index < -0.39 is 10.0 Å². The van der Waals surface area contributed by atoms with E-state index in [0.29, 0.717) is 41.9 Å². The molecule has 196 valence electrons. The van der Waals surface area contributed by atoms with Crippen molar-refractivity contribution < 1.29 is 13.2 Å². The number of fused-ring (bicyclic) bond motifs is 1. The number of hydrogen-bond donors (Lipinski definition) is 3. The van der Waals surface area contributed by atoms with Crippen LogP contribution in [0.15, 0.2) is 61.1 Å². The van der Waals surface area contributed by atoms with Gasteiger partial charge in [0.2, 0.25) is 15.9 Å². The van der Waals surface area contributed by atoms with Crippen molar-refractivity contribution in [3.63, 3.8) is 0 Å². The zero-order valence-electron chi connectivity index (χ0n) is 21.1. The second-order valence-electron chi connectivity index (χ2n) is 9.89. The number of sulfonamides is 1. The lowest BCUT2D eigenvalue weighted by molar-refractivity contribution is 0.464. The van der Waals surface area contributed by atoms with Crippen molar-refractivity contribution in [2.75, 3.05) is 23.1 Å². The second-order valence-corrected chi connectivity index (χ2v) is 11.9. The molecule has 0 bridgehead atoms. The van der Waals surface area contributed by atoms with E-state index in [9.17, 15) is 8.42 Å². The molecule has 0 unspecified atom stereocenters. The Balaban J connectivity index is 1.34. The first-order chi connectivity index (χ1) is 18.5. The largest absolute Gasteiger partial charge is 0.436 e. The molecule has 1 saturated carbocycles. The molecule has 10 heteroatoms. The van der Waals surface area contributed by atoms with E-state index in [0.717, 1.165) is 53.6 Å². The number of ether oxygens (including phenoxy) is 1. The number of nitrogens with one attached hydrogen (secondary N) is 3. The van der Waals surface area contributed by atoms with Crippen molar-refractivity contribution in [2.45, 2.75) is 43.9 Å². The molecule has 3 N–H and O–H groups in total. The smallest absolute Gasteiger partial charge is 0.246 e. The molecule has 1 aliphatic heterocycles. The SMILES string of the molecule is Cc1cc(NS(=O)(=O)C2CC2)c2ccccc2c1Oc1nccnc1-c1ccnc(N[C@H]2CCCNC2)c1. The van der Waals surface area contributed by atoms with Crippen LogP contribution >= 0.6 is 0 Å². The third-order valence-corrected chi connectivity index (χ3v) is 8.80. The first-order valence-corrected chi connectivity index (χ1v) is 14.5. The third-order valence-electron chi connectivity index (χ3n) is 6.94. The predicted molar refractivity (Wildman–Crippen MR) is 149 cm³/mol. The van der Waals surface area contributed by atoms with Crippen molar-refractivity contribution in [1.82, 2.24) is 20.3 Å². The summed E-state index contributed by atoms with van der Waals surface area (Å²) in [5.74, 6) is 1.75. The Morgan fingerprint density at radius 3 is 2.58 bits per heavy atom. The highest BCUT2D eigenvalue weighted by Crippen LogP contribution is 2.40. The lowest BCUT2D eigenvalue weighted by atomic mass is 10.0. The molecule has 2 fully saturated rings. The quantitative estimate of drug-likeness (QED) is 0.296. The predicted octanol–water partition coefficient (Wildman–Crippen LogP) is 4.86. The van der Waals surface area contributed by atoms with E-state index in [2.05, 4.69) is 30.3 Å². The Bertz CT molecular complexity index is 1580. The highest BCUT2D eigenvalue weighted by Gasteiger charge is 2.36. The average molecular weight is 531 g/mol. The van der Waals surface area contributed by atoms with Crippen LogP contribution in [0, 0.1) is 6.92 Å². The zero-order valence-corrected chi connectivity index (χ0v) is 22.0. The van der Waals surface area contributed by atoms with Crippen molar-refractivity contribution in [3.05, 3.63) is 66.6 Å². The van der Waals surface area contributed by atoms with Gasteiger partial charge in [0, 0.05) is 47.5 Å². The maximum absolute atomic E-state index is 12.7. The molecule has 0 amide bonds. The van der Waals surface area contributed by atoms with E-state index in [1.165, 1.54) is 0 Å². The van der Waals surface area contributed by atoms with Crippen LogP contribution in [0.25, 0.3) is 22.0 Å². The monoisotopic (exact) mass is 530 g/mol. The van der Waals surface area contributed by atoms with Crippen LogP contribution in [0.5, 0.6) is 11.6 Å². The average Bonchev–Trinajstić information content (AvgIpc) is 3.79. The van der Waals surface area contributed by atoms with Crippen LogP contribution in [-0.4, -0.2) is 47.8 Å². The maximum Gasteiger partial charge on any atom is 0.246 e. The number of piperidine rings is 1. The molecular weight excluding hydrogens is 500 g/mol. The summed E-state index contributed by atoms with van der Waals surface area (Å²) in [6, 6.07) is 13.6. The molecule has 2 aromatic carbocycles. The number of anilines is 2.